The van der Waals surface area contributed by atoms with E-state index in [9.17, 15) is 26.3 Å². The number of halogens is 7. The molecular weight excluding hydrogens is 363 g/mol. The van der Waals surface area contributed by atoms with Gasteiger partial charge in [0.1, 0.15) is 0 Å². The molecular formula is C9H6F6IN. The van der Waals surface area contributed by atoms with Crippen molar-refractivity contribution in [2.75, 3.05) is 0 Å². The molecule has 0 saturated heterocycles. The molecule has 0 aromatic heterocycles. The largest absolute Gasteiger partial charge is 0.417 e. The van der Waals surface area contributed by atoms with E-state index in [1.165, 1.54) is 22.6 Å². The maximum Gasteiger partial charge on any atom is 0.417 e. The van der Waals surface area contributed by atoms with E-state index in [0.717, 1.165) is 6.07 Å². The van der Waals surface area contributed by atoms with Gasteiger partial charge in [-0.05, 0) is 40.3 Å². The van der Waals surface area contributed by atoms with Crippen LogP contribution in [0, 0.1) is 3.57 Å². The summed E-state index contributed by atoms with van der Waals surface area (Å²) in [5.41, 5.74) is 1.16. The molecule has 0 heterocycles. The first kappa shape index (κ1) is 14.6. The highest BCUT2D eigenvalue weighted by atomic mass is 127. The third-order valence-electron chi connectivity index (χ3n) is 2.05. The fraction of sp³-hybridized carbons (Fsp3) is 0.333. The lowest BCUT2D eigenvalue weighted by Crippen LogP contribution is -2.21. The number of benzene rings is 1. The predicted molar refractivity (Wildman–Crippen MR) is 57.1 cm³/mol. The molecule has 0 atom stereocenters. The summed E-state index contributed by atoms with van der Waals surface area (Å²) < 4.78 is 75.5. The predicted octanol–water partition coefficient (Wildman–Crippen LogP) is 3.79. The van der Waals surface area contributed by atoms with Crippen molar-refractivity contribution < 1.29 is 26.3 Å². The van der Waals surface area contributed by atoms with Crippen LogP contribution < -0.4 is 5.73 Å². The first-order valence-corrected chi connectivity index (χ1v) is 5.32. The van der Waals surface area contributed by atoms with Crippen LogP contribution in [0.2, 0.25) is 0 Å². The second kappa shape index (κ2) is 4.63. The molecule has 0 radical (unpaired) electrons. The maximum absolute atomic E-state index is 12.6. The van der Waals surface area contributed by atoms with Crippen molar-refractivity contribution in [3.05, 3.63) is 32.4 Å². The second-order valence-corrected chi connectivity index (χ2v) is 4.31. The molecule has 8 heteroatoms. The van der Waals surface area contributed by atoms with Crippen molar-refractivity contribution >= 4 is 22.6 Å². The Morgan fingerprint density at radius 3 is 1.88 bits per heavy atom. The van der Waals surface area contributed by atoms with E-state index >= 15 is 0 Å². The summed E-state index contributed by atoms with van der Waals surface area (Å²) in [5, 5.41) is 0. The minimum atomic E-state index is -5.08. The van der Waals surface area contributed by atoms with E-state index in [4.69, 9.17) is 5.73 Å². The fourth-order valence-electron chi connectivity index (χ4n) is 1.38. The van der Waals surface area contributed by atoms with Crippen molar-refractivity contribution in [1.82, 2.24) is 0 Å². The van der Waals surface area contributed by atoms with Gasteiger partial charge in [0.05, 0.1) is 11.1 Å². The topological polar surface area (TPSA) is 26.0 Å². The van der Waals surface area contributed by atoms with Gasteiger partial charge in [-0.15, -0.1) is 0 Å². The molecule has 0 bridgehead atoms. The highest BCUT2D eigenvalue weighted by Crippen LogP contribution is 2.43. The quantitative estimate of drug-likeness (QED) is 0.592. The van der Waals surface area contributed by atoms with Gasteiger partial charge in [0.25, 0.3) is 0 Å². The Morgan fingerprint density at radius 2 is 1.53 bits per heavy atom. The van der Waals surface area contributed by atoms with E-state index in [0.29, 0.717) is 6.07 Å². The molecule has 0 spiro atoms. The van der Waals surface area contributed by atoms with E-state index in [1.54, 1.807) is 0 Å². The highest BCUT2D eigenvalue weighted by Gasteiger charge is 2.44. The number of rotatable bonds is 1. The molecule has 0 aliphatic heterocycles. The SMILES string of the molecule is NCc1c(I)ccc(C(F)(F)F)c1C(F)(F)F. The Kier molecular flexibility index (Phi) is 3.97. The fourth-order valence-corrected chi connectivity index (χ4v) is 2.05. The third kappa shape index (κ3) is 3.03. The van der Waals surface area contributed by atoms with Gasteiger partial charge in [0.2, 0.25) is 0 Å². The number of hydrogen-bond acceptors (Lipinski definition) is 1. The summed E-state index contributed by atoms with van der Waals surface area (Å²) in [7, 11) is 0. The minimum absolute atomic E-state index is 0.0606. The van der Waals surface area contributed by atoms with Crippen LogP contribution in [0.5, 0.6) is 0 Å². The van der Waals surface area contributed by atoms with Crippen LogP contribution in [0.1, 0.15) is 16.7 Å². The normalized spacial score (nSPS) is 12.9. The maximum atomic E-state index is 12.6. The summed E-state index contributed by atoms with van der Waals surface area (Å²) in [6, 6.07) is 1.39. The summed E-state index contributed by atoms with van der Waals surface area (Å²) in [4.78, 5) is 0. The average Bonchev–Trinajstić information content (AvgIpc) is 2.13. The molecule has 0 unspecified atom stereocenters. The van der Waals surface area contributed by atoms with Crippen LogP contribution in [-0.4, -0.2) is 0 Å². The smallest absolute Gasteiger partial charge is 0.326 e. The number of nitrogens with two attached hydrogens (primary N) is 1. The van der Waals surface area contributed by atoms with Crippen LogP contribution >= 0.6 is 22.6 Å². The summed E-state index contributed by atoms with van der Waals surface area (Å²) in [5.74, 6) is 0. The van der Waals surface area contributed by atoms with Gasteiger partial charge in [0, 0.05) is 10.1 Å². The monoisotopic (exact) mass is 369 g/mol. The van der Waals surface area contributed by atoms with Gasteiger partial charge >= 0.3 is 12.4 Å². The molecule has 17 heavy (non-hydrogen) atoms. The van der Waals surface area contributed by atoms with Crippen molar-refractivity contribution in [3.63, 3.8) is 0 Å². The van der Waals surface area contributed by atoms with E-state index in [2.05, 4.69) is 0 Å². The molecule has 0 amide bonds. The standard InChI is InChI=1S/C9H6F6IN/c10-8(11,12)5-1-2-6(16)4(3-17)7(5)9(13,14)15/h1-2H,3,17H2. The van der Waals surface area contributed by atoms with Gasteiger partial charge in [-0.3, -0.25) is 0 Å². The first-order valence-electron chi connectivity index (χ1n) is 4.25. The van der Waals surface area contributed by atoms with E-state index in [-0.39, 0.29) is 3.57 Å². The second-order valence-electron chi connectivity index (χ2n) is 3.15. The van der Waals surface area contributed by atoms with Crippen LogP contribution in [0.3, 0.4) is 0 Å². The lowest BCUT2D eigenvalue weighted by Gasteiger charge is -2.19. The lowest BCUT2D eigenvalue weighted by molar-refractivity contribution is -0.162. The molecule has 1 aromatic carbocycles. The molecule has 0 aliphatic rings. The number of alkyl halides is 6. The molecule has 1 aromatic rings. The van der Waals surface area contributed by atoms with Gasteiger partial charge in [-0.25, -0.2) is 0 Å². The lowest BCUT2D eigenvalue weighted by atomic mass is 10.00. The average molecular weight is 369 g/mol. The van der Waals surface area contributed by atoms with Crippen LogP contribution in [-0.2, 0) is 18.9 Å². The third-order valence-corrected chi connectivity index (χ3v) is 3.06. The molecule has 96 valence electrons. The van der Waals surface area contributed by atoms with Crippen LogP contribution in [0.15, 0.2) is 12.1 Å². The highest BCUT2D eigenvalue weighted by molar-refractivity contribution is 14.1. The van der Waals surface area contributed by atoms with E-state index in [1.807, 2.05) is 0 Å². The van der Waals surface area contributed by atoms with Crippen LogP contribution in [0.25, 0.3) is 0 Å². The van der Waals surface area contributed by atoms with Crippen molar-refractivity contribution in [2.45, 2.75) is 18.9 Å². The zero-order valence-corrected chi connectivity index (χ0v) is 10.2. The van der Waals surface area contributed by atoms with Crippen LogP contribution in [0.4, 0.5) is 26.3 Å². The zero-order chi connectivity index (χ0) is 13.4. The molecule has 0 aliphatic carbocycles. The molecule has 0 saturated carbocycles. The zero-order valence-electron chi connectivity index (χ0n) is 8.08. The van der Waals surface area contributed by atoms with Crippen molar-refractivity contribution in [3.8, 4) is 0 Å². The Hall–Kier alpha value is -0.510. The molecule has 1 rings (SSSR count). The minimum Gasteiger partial charge on any atom is -0.326 e. The molecule has 2 N–H and O–H groups in total. The Morgan fingerprint density at radius 1 is 1.00 bits per heavy atom. The van der Waals surface area contributed by atoms with Gasteiger partial charge in [0.15, 0.2) is 0 Å². The Labute approximate surface area is 106 Å². The van der Waals surface area contributed by atoms with Gasteiger partial charge in [-0.2, -0.15) is 26.3 Å². The summed E-state index contributed by atoms with van der Waals surface area (Å²) in [6.45, 7) is -0.600. The molecule has 0 fully saturated rings. The summed E-state index contributed by atoms with van der Waals surface area (Å²) >= 11 is 1.52. The van der Waals surface area contributed by atoms with E-state index < -0.39 is 35.6 Å². The Balaban J connectivity index is 3.64. The van der Waals surface area contributed by atoms with Crippen molar-refractivity contribution in [2.24, 2.45) is 5.73 Å². The first-order chi connectivity index (χ1) is 7.59. The number of hydrogen-bond donors (Lipinski definition) is 1. The van der Waals surface area contributed by atoms with Gasteiger partial charge < -0.3 is 5.73 Å². The van der Waals surface area contributed by atoms with Gasteiger partial charge in [-0.1, -0.05) is 0 Å². The Bertz CT molecular complexity index is 423. The van der Waals surface area contributed by atoms with Crippen molar-refractivity contribution in [1.29, 1.82) is 0 Å². The summed E-state index contributed by atoms with van der Waals surface area (Å²) in [6.07, 6.45) is -10.1. The molecule has 1 nitrogen and oxygen atoms in total.